The Morgan fingerprint density at radius 3 is 2.86 bits per heavy atom. The lowest BCUT2D eigenvalue weighted by Gasteiger charge is -2.18. The fourth-order valence-corrected chi connectivity index (χ4v) is 0.586. The first-order valence-electron chi connectivity index (χ1n) is 2.43. The standard InChI is InChI=1S/C4H10N2O/c5-4-1-6-3-7-2-4/h4,6H,1-3,5H2. The molecule has 1 fully saturated rings. The van der Waals surface area contributed by atoms with Gasteiger partial charge in [0.05, 0.1) is 13.3 Å². The first kappa shape index (κ1) is 5.03. The van der Waals surface area contributed by atoms with Crippen LogP contribution in [0.4, 0.5) is 0 Å². The van der Waals surface area contributed by atoms with Gasteiger partial charge in [0.1, 0.15) is 0 Å². The van der Waals surface area contributed by atoms with Gasteiger partial charge in [0.25, 0.3) is 0 Å². The molecule has 1 aliphatic heterocycles. The van der Waals surface area contributed by atoms with Crippen molar-refractivity contribution in [1.29, 1.82) is 0 Å². The SMILES string of the molecule is NC1CNCOC1. The van der Waals surface area contributed by atoms with E-state index in [2.05, 4.69) is 5.32 Å². The van der Waals surface area contributed by atoms with Crippen molar-refractivity contribution in [1.82, 2.24) is 5.32 Å². The summed E-state index contributed by atoms with van der Waals surface area (Å²) in [6, 6.07) is 0.203. The third kappa shape index (κ3) is 1.43. The monoisotopic (exact) mass is 102 g/mol. The highest BCUT2D eigenvalue weighted by Gasteiger charge is 2.05. The topological polar surface area (TPSA) is 47.3 Å². The first-order chi connectivity index (χ1) is 3.39. The largest absolute Gasteiger partial charge is 0.365 e. The van der Waals surface area contributed by atoms with Crippen molar-refractivity contribution in [2.24, 2.45) is 5.73 Å². The molecule has 1 saturated heterocycles. The average Bonchev–Trinajstić information content (AvgIpc) is 1.69. The molecule has 0 aliphatic carbocycles. The lowest BCUT2D eigenvalue weighted by Crippen LogP contribution is -2.43. The van der Waals surface area contributed by atoms with Gasteiger partial charge in [-0.3, -0.25) is 5.32 Å². The fraction of sp³-hybridized carbons (Fsp3) is 1.00. The number of hydrogen-bond donors (Lipinski definition) is 2. The zero-order valence-electron chi connectivity index (χ0n) is 4.18. The summed E-state index contributed by atoms with van der Waals surface area (Å²) in [5, 5.41) is 2.99. The average molecular weight is 102 g/mol. The molecule has 1 rings (SSSR count). The fourth-order valence-electron chi connectivity index (χ4n) is 0.586. The Bertz CT molecular complexity index is 51.7. The maximum absolute atomic E-state index is 5.45. The second kappa shape index (κ2) is 2.26. The van der Waals surface area contributed by atoms with Gasteiger partial charge in [0.2, 0.25) is 0 Å². The minimum absolute atomic E-state index is 0.203. The molecule has 0 spiro atoms. The maximum atomic E-state index is 5.45. The molecule has 0 radical (unpaired) electrons. The number of rotatable bonds is 0. The van der Waals surface area contributed by atoms with Crippen LogP contribution in [0, 0.1) is 0 Å². The molecule has 7 heavy (non-hydrogen) atoms. The van der Waals surface area contributed by atoms with Crippen LogP contribution < -0.4 is 11.1 Å². The molecule has 1 unspecified atom stereocenters. The Morgan fingerprint density at radius 1 is 1.71 bits per heavy atom. The Kier molecular flexibility index (Phi) is 1.62. The van der Waals surface area contributed by atoms with Crippen molar-refractivity contribution in [2.75, 3.05) is 19.9 Å². The molecular weight excluding hydrogens is 92.1 g/mol. The number of ether oxygens (including phenoxy) is 1. The molecule has 3 nitrogen and oxygen atoms in total. The molecule has 0 bridgehead atoms. The highest BCUT2D eigenvalue weighted by molar-refractivity contribution is 4.64. The molecule has 0 aromatic carbocycles. The Balaban J connectivity index is 2.12. The van der Waals surface area contributed by atoms with E-state index in [1.165, 1.54) is 0 Å². The number of nitrogens with two attached hydrogens (primary N) is 1. The molecule has 0 saturated carbocycles. The van der Waals surface area contributed by atoms with E-state index >= 15 is 0 Å². The maximum Gasteiger partial charge on any atom is 0.0966 e. The van der Waals surface area contributed by atoms with Gasteiger partial charge in [0, 0.05) is 12.6 Å². The van der Waals surface area contributed by atoms with E-state index in [-0.39, 0.29) is 6.04 Å². The van der Waals surface area contributed by atoms with E-state index in [1.807, 2.05) is 0 Å². The van der Waals surface area contributed by atoms with E-state index in [9.17, 15) is 0 Å². The van der Waals surface area contributed by atoms with Gasteiger partial charge < -0.3 is 10.5 Å². The first-order valence-corrected chi connectivity index (χ1v) is 2.43. The van der Waals surface area contributed by atoms with Gasteiger partial charge in [-0.05, 0) is 0 Å². The van der Waals surface area contributed by atoms with Crippen LogP contribution in [0.25, 0.3) is 0 Å². The van der Waals surface area contributed by atoms with Crippen LogP contribution in [-0.4, -0.2) is 25.9 Å². The summed E-state index contributed by atoms with van der Waals surface area (Å²) in [5.41, 5.74) is 5.45. The van der Waals surface area contributed by atoms with Gasteiger partial charge >= 0.3 is 0 Å². The van der Waals surface area contributed by atoms with Crippen molar-refractivity contribution in [3.05, 3.63) is 0 Å². The summed E-state index contributed by atoms with van der Waals surface area (Å²) >= 11 is 0. The van der Waals surface area contributed by atoms with E-state index < -0.39 is 0 Å². The molecule has 1 aliphatic rings. The summed E-state index contributed by atoms with van der Waals surface area (Å²) in [6.07, 6.45) is 0. The zero-order chi connectivity index (χ0) is 5.11. The molecule has 1 heterocycles. The van der Waals surface area contributed by atoms with Crippen molar-refractivity contribution >= 4 is 0 Å². The van der Waals surface area contributed by atoms with Crippen LogP contribution in [0.3, 0.4) is 0 Å². The second-order valence-corrected chi connectivity index (χ2v) is 1.73. The van der Waals surface area contributed by atoms with Crippen molar-refractivity contribution in [3.8, 4) is 0 Å². The summed E-state index contributed by atoms with van der Waals surface area (Å²) < 4.78 is 4.95. The Morgan fingerprint density at radius 2 is 2.57 bits per heavy atom. The smallest absolute Gasteiger partial charge is 0.0966 e. The third-order valence-electron chi connectivity index (χ3n) is 0.943. The predicted octanol–water partition coefficient (Wildman–Crippen LogP) is -1.11. The van der Waals surface area contributed by atoms with Crippen molar-refractivity contribution in [2.45, 2.75) is 6.04 Å². The van der Waals surface area contributed by atoms with E-state index in [0.717, 1.165) is 6.54 Å². The molecule has 0 amide bonds. The summed E-state index contributed by atoms with van der Waals surface area (Å²) in [4.78, 5) is 0. The van der Waals surface area contributed by atoms with Crippen molar-refractivity contribution < 1.29 is 4.74 Å². The summed E-state index contributed by atoms with van der Waals surface area (Å²) in [6.45, 7) is 2.25. The van der Waals surface area contributed by atoms with Crippen LogP contribution in [0.1, 0.15) is 0 Å². The van der Waals surface area contributed by atoms with E-state index in [1.54, 1.807) is 0 Å². The summed E-state index contributed by atoms with van der Waals surface area (Å²) in [7, 11) is 0. The number of nitrogens with one attached hydrogen (secondary N) is 1. The van der Waals surface area contributed by atoms with Gasteiger partial charge in [-0.25, -0.2) is 0 Å². The third-order valence-corrected chi connectivity index (χ3v) is 0.943. The van der Waals surface area contributed by atoms with Crippen LogP contribution in [0.5, 0.6) is 0 Å². The normalized spacial score (nSPS) is 33.0. The van der Waals surface area contributed by atoms with Gasteiger partial charge in [-0.15, -0.1) is 0 Å². The van der Waals surface area contributed by atoms with Crippen LogP contribution in [-0.2, 0) is 4.74 Å². The Labute approximate surface area is 42.8 Å². The second-order valence-electron chi connectivity index (χ2n) is 1.73. The van der Waals surface area contributed by atoms with Crippen LogP contribution in [0.15, 0.2) is 0 Å². The lowest BCUT2D eigenvalue weighted by atomic mass is 10.3. The molecule has 3 heteroatoms. The van der Waals surface area contributed by atoms with Crippen molar-refractivity contribution in [3.63, 3.8) is 0 Å². The highest BCUT2D eigenvalue weighted by atomic mass is 16.5. The molecule has 1 atom stereocenters. The quantitative estimate of drug-likeness (QED) is 0.408. The van der Waals surface area contributed by atoms with Gasteiger partial charge in [-0.1, -0.05) is 0 Å². The van der Waals surface area contributed by atoms with Gasteiger partial charge in [-0.2, -0.15) is 0 Å². The number of hydrogen-bond acceptors (Lipinski definition) is 3. The predicted molar refractivity (Wildman–Crippen MR) is 26.8 cm³/mol. The molecule has 0 aromatic heterocycles. The molecular formula is C4H10N2O. The Hall–Kier alpha value is -0.120. The van der Waals surface area contributed by atoms with E-state index in [0.29, 0.717) is 13.3 Å². The molecule has 3 N–H and O–H groups in total. The highest BCUT2D eigenvalue weighted by Crippen LogP contribution is 1.83. The minimum atomic E-state index is 0.203. The lowest BCUT2D eigenvalue weighted by molar-refractivity contribution is 0.0713. The van der Waals surface area contributed by atoms with E-state index in [4.69, 9.17) is 10.5 Å². The van der Waals surface area contributed by atoms with Gasteiger partial charge in [0.15, 0.2) is 0 Å². The molecule has 0 aromatic rings. The molecule has 42 valence electrons. The zero-order valence-corrected chi connectivity index (χ0v) is 4.18. The minimum Gasteiger partial charge on any atom is -0.365 e. The van der Waals surface area contributed by atoms with Crippen LogP contribution in [0.2, 0.25) is 0 Å². The van der Waals surface area contributed by atoms with Crippen LogP contribution >= 0.6 is 0 Å². The summed E-state index contributed by atoms with van der Waals surface area (Å²) in [5.74, 6) is 0.